The second kappa shape index (κ2) is 34.2. The van der Waals surface area contributed by atoms with Gasteiger partial charge in [0.05, 0.1) is 0 Å². The van der Waals surface area contributed by atoms with Crippen LogP contribution >= 0.6 is 0 Å². The van der Waals surface area contributed by atoms with Crippen molar-refractivity contribution in [2.24, 2.45) is 0 Å². The molecule has 0 nitrogen and oxygen atoms in total. The lowest BCUT2D eigenvalue weighted by Gasteiger charge is -2.04. The summed E-state index contributed by atoms with van der Waals surface area (Å²) in [6, 6.07) is 0. The van der Waals surface area contributed by atoms with E-state index in [9.17, 15) is 0 Å². The van der Waals surface area contributed by atoms with Crippen molar-refractivity contribution in [2.45, 2.75) is 214 Å². The fraction of sp³-hybridized carbons (Fsp3) is 1.00. The molecule has 0 atom stereocenters. The molecule has 0 spiro atoms. The van der Waals surface area contributed by atoms with Crippen molar-refractivity contribution in [3.05, 3.63) is 0 Å². The highest BCUT2D eigenvalue weighted by Gasteiger charge is 1.96. The molecule has 0 radical (unpaired) electrons. The third-order valence-electron chi connectivity index (χ3n) is 7.46. The highest BCUT2D eigenvalue weighted by molar-refractivity contribution is 4.52. The largest absolute Gasteiger partial charge is 0.0776 e. The van der Waals surface area contributed by atoms with Crippen molar-refractivity contribution in [1.82, 2.24) is 0 Å². The zero-order valence-electron chi connectivity index (χ0n) is 23.2. The molecule has 0 aliphatic rings. The predicted molar refractivity (Wildman–Crippen MR) is 157 cm³/mol. The summed E-state index contributed by atoms with van der Waals surface area (Å²) in [5.74, 6) is 0. The van der Waals surface area contributed by atoms with Gasteiger partial charge < -0.3 is 0 Å². The van der Waals surface area contributed by atoms with Crippen molar-refractivity contribution >= 4 is 0 Å². The third kappa shape index (κ3) is 34.2. The summed E-state index contributed by atoms with van der Waals surface area (Å²) < 4.78 is 0. The summed E-state index contributed by atoms with van der Waals surface area (Å²) in [6.45, 7) is 4.61. The molecule has 0 aliphatic heterocycles. The topological polar surface area (TPSA) is 0 Å². The Morgan fingerprint density at radius 2 is 0.273 bits per heavy atom. The molecular weight excluding hydrogens is 396 g/mol. The molecule has 0 saturated carbocycles. The van der Waals surface area contributed by atoms with Gasteiger partial charge in [-0.15, -0.1) is 0 Å². The van der Waals surface area contributed by atoms with Gasteiger partial charge in [-0.1, -0.05) is 214 Å². The average molecular weight is 467 g/mol. The molecule has 0 amide bonds. The Hall–Kier alpha value is 0. The van der Waals surface area contributed by atoms with Crippen LogP contribution in [0.3, 0.4) is 0 Å². The highest BCUT2D eigenvalue weighted by Crippen LogP contribution is 2.16. The Morgan fingerprint density at radius 3 is 0.364 bits per heavy atom. The SMILES string of the molecule is C.CCCCCCCCCCCCCCCCCCCCCCCCCCCCCCCC. The van der Waals surface area contributed by atoms with Crippen LogP contribution in [0.2, 0.25) is 0 Å². The maximum Gasteiger partial charge on any atom is -0.0533 e. The minimum atomic E-state index is 0. The summed E-state index contributed by atoms with van der Waals surface area (Å²) in [5, 5.41) is 0. The summed E-state index contributed by atoms with van der Waals surface area (Å²) in [7, 11) is 0. The van der Waals surface area contributed by atoms with E-state index in [2.05, 4.69) is 13.8 Å². The van der Waals surface area contributed by atoms with Crippen LogP contribution in [-0.2, 0) is 0 Å². The van der Waals surface area contributed by atoms with E-state index in [1.54, 1.807) is 0 Å². The molecule has 0 rings (SSSR count). The van der Waals surface area contributed by atoms with Crippen LogP contribution in [0.5, 0.6) is 0 Å². The molecule has 0 heteroatoms. The summed E-state index contributed by atoms with van der Waals surface area (Å²) >= 11 is 0. The van der Waals surface area contributed by atoms with Crippen LogP contribution in [0.1, 0.15) is 214 Å². The summed E-state index contributed by atoms with van der Waals surface area (Å²) in [6.07, 6.45) is 44.4. The fourth-order valence-corrected chi connectivity index (χ4v) is 5.10. The zero-order valence-corrected chi connectivity index (χ0v) is 23.2. The van der Waals surface area contributed by atoms with Crippen LogP contribution in [-0.4, -0.2) is 0 Å². The van der Waals surface area contributed by atoms with E-state index in [-0.39, 0.29) is 7.43 Å². The van der Waals surface area contributed by atoms with Gasteiger partial charge in [0, 0.05) is 0 Å². The van der Waals surface area contributed by atoms with Gasteiger partial charge in [-0.3, -0.25) is 0 Å². The Bertz CT molecular complexity index is 264. The zero-order chi connectivity index (χ0) is 23.2. The average Bonchev–Trinajstić information content (AvgIpc) is 2.81. The maximum absolute atomic E-state index is 2.31. The number of rotatable bonds is 29. The van der Waals surface area contributed by atoms with Gasteiger partial charge in [0.15, 0.2) is 0 Å². The third-order valence-corrected chi connectivity index (χ3v) is 7.46. The molecule has 0 aromatic heterocycles. The van der Waals surface area contributed by atoms with Crippen LogP contribution in [0.25, 0.3) is 0 Å². The van der Waals surface area contributed by atoms with Gasteiger partial charge in [-0.25, -0.2) is 0 Å². The second-order valence-corrected chi connectivity index (χ2v) is 10.9. The Balaban J connectivity index is 0. The lowest BCUT2D eigenvalue weighted by Crippen LogP contribution is -1.85. The summed E-state index contributed by atoms with van der Waals surface area (Å²) in [5.41, 5.74) is 0. The lowest BCUT2D eigenvalue weighted by atomic mass is 10.0. The molecule has 0 unspecified atom stereocenters. The van der Waals surface area contributed by atoms with E-state index in [1.165, 1.54) is 193 Å². The van der Waals surface area contributed by atoms with Crippen LogP contribution in [0.15, 0.2) is 0 Å². The van der Waals surface area contributed by atoms with Crippen molar-refractivity contribution in [1.29, 1.82) is 0 Å². The lowest BCUT2D eigenvalue weighted by molar-refractivity contribution is 0.513. The number of unbranched alkanes of at least 4 members (excludes halogenated alkanes) is 29. The molecule has 0 aromatic carbocycles. The first kappa shape index (κ1) is 35.2. The quantitative estimate of drug-likeness (QED) is 0.0961. The van der Waals surface area contributed by atoms with E-state index in [0.717, 1.165) is 0 Å². The van der Waals surface area contributed by atoms with Gasteiger partial charge in [0.2, 0.25) is 0 Å². The van der Waals surface area contributed by atoms with Gasteiger partial charge in [-0.05, 0) is 0 Å². The molecule has 0 aliphatic carbocycles. The van der Waals surface area contributed by atoms with Crippen molar-refractivity contribution in [3.8, 4) is 0 Å². The first-order chi connectivity index (χ1) is 15.9. The molecule has 0 saturated heterocycles. The van der Waals surface area contributed by atoms with Crippen LogP contribution in [0.4, 0.5) is 0 Å². The fourth-order valence-electron chi connectivity index (χ4n) is 5.10. The Labute approximate surface area is 213 Å². The molecule has 33 heavy (non-hydrogen) atoms. The molecule has 0 bridgehead atoms. The van der Waals surface area contributed by atoms with Crippen molar-refractivity contribution < 1.29 is 0 Å². The molecule has 0 heterocycles. The van der Waals surface area contributed by atoms with Gasteiger partial charge in [0.1, 0.15) is 0 Å². The van der Waals surface area contributed by atoms with Crippen LogP contribution in [0, 0.1) is 0 Å². The Kier molecular flexibility index (Phi) is 36.4. The first-order valence-corrected chi connectivity index (χ1v) is 15.9. The van der Waals surface area contributed by atoms with Gasteiger partial charge in [-0.2, -0.15) is 0 Å². The standard InChI is InChI=1S/C32H66.CH4/c1-3-5-7-9-11-13-15-17-19-21-23-25-27-29-31-32-30-28-26-24-22-20-18-16-14-12-10-8-6-4-2;/h3-32H2,1-2H3;1H4. The molecule has 0 N–H and O–H groups in total. The molecule has 202 valence electrons. The second-order valence-electron chi connectivity index (χ2n) is 10.9. The normalized spacial score (nSPS) is 11.1. The molecule has 0 aromatic rings. The monoisotopic (exact) mass is 467 g/mol. The van der Waals surface area contributed by atoms with Gasteiger partial charge >= 0.3 is 0 Å². The number of hydrogen-bond acceptors (Lipinski definition) is 0. The van der Waals surface area contributed by atoms with Gasteiger partial charge in [0.25, 0.3) is 0 Å². The van der Waals surface area contributed by atoms with Crippen LogP contribution < -0.4 is 0 Å². The van der Waals surface area contributed by atoms with Crippen molar-refractivity contribution in [3.63, 3.8) is 0 Å². The van der Waals surface area contributed by atoms with E-state index in [4.69, 9.17) is 0 Å². The van der Waals surface area contributed by atoms with Crippen molar-refractivity contribution in [2.75, 3.05) is 0 Å². The molecular formula is C33H70. The van der Waals surface area contributed by atoms with E-state index in [1.807, 2.05) is 0 Å². The number of hydrogen-bond donors (Lipinski definition) is 0. The smallest absolute Gasteiger partial charge is 0.0533 e. The van der Waals surface area contributed by atoms with E-state index in [0.29, 0.717) is 0 Å². The van der Waals surface area contributed by atoms with E-state index >= 15 is 0 Å². The highest BCUT2D eigenvalue weighted by atomic mass is 14.0. The maximum atomic E-state index is 2.31. The minimum absolute atomic E-state index is 0. The molecule has 0 fully saturated rings. The summed E-state index contributed by atoms with van der Waals surface area (Å²) in [4.78, 5) is 0. The minimum Gasteiger partial charge on any atom is -0.0776 e. The Morgan fingerprint density at radius 1 is 0.182 bits per heavy atom. The first-order valence-electron chi connectivity index (χ1n) is 15.9. The van der Waals surface area contributed by atoms with E-state index < -0.39 is 0 Å². The predicted octanol–water partition coefficient (Wildman–Crippen LogP) is 13.4.